The van der Waals surface area contributed by atoms with Gasteiger partial charge in [-0.1, -0.05) is 19.3 Å². The van der Waals surface area contributed by atoms with E-state index in [9.17, 15) is 4.79 Å². The van der Waals surface area contributed by atoms with Gasteiger partial charge >= 0.3 is 0 Å². The normalized spacial score (nSPS) is 24.7. The van der Waals surface area contributed by atoms with Crippen LogP contribution < -0.4 is 11.1 Å². The average Bonchev–Trinajstić information content (AvgIpc) is 2.58. The van der Waals surface area contributed by atoms with Gasteiger partial charge in [0.25, 0.3) is 0 Å². The smallest absolute Gasteiger partial charge is 0.240 e. The molecular formula is C17H30N4O. The second-order valence-electron chi connectivity index (χ2n) is 6.71. The summed E-state index contributed by atoms with van der Waals surface area (Å²) in [6.45, 7) is 1.62. The number of nitrogens with one attached hydrogen (secondary N) is 1. The molecule has 5 nitrogen and oxygen atoms in total. The number of likely N-dealkylation sites (tertiary alicyclic amines) is 1. The van der Waals surface area contributed by atoms with E-state index in [0.29, 0.717) is 19.0 Å². The van der Waals surface area contributed by atoms with E-state index in [1.54, 1.807) is 4.90 Å². The van der Waals surface area contributed by atoms with Gasteiger partial charge < -0.3 is 16.0 Å². The third kappa shape index (κ3) is 4.96. The third-order valence-corrected chi connectivity index (χ3v) is 4.98. The van der Waals surface area contributed by atoms with E-state index >= 15 is 0 Å². The van der Waals surface area contributed by atoms with Crippen LogP contribution in [0.4, 0.5) is 0 Å². The summed E-state index contributed by atoms with van der Waals surface area (Å²) < 4.78 is 0. The summed E-state index contributed by atoms with van der Waals surface area (Å²) in [5.74, 6) is -0.0380. The molecule has 0 radical (unpaired) electrons. The topological polar surface area (TPSA) is 82.2 Å². The Bertz CT molecular complexity index is 387. The summed E-state index contributed by atoms with van der Waals surface area (Å²) in [5.41, 5.74) is 6.06. The zero-order valence-corrected chi connectivity index (χ0v) is 13.6. The molecular weight excluding hydrogens is 276 g/mol. The van der Waals surface area contributed by atoms with Crippen LogP contribution in [0.2, 0.25) is 0 Å². The molecule has 1 aliphatic carbocycles. The first-order chi connectivity index (χ1) is 10.7. The molecule has 0 spiro atoms. The van der Waals surface area contributed by atoms with Crippen molar-refractivity contribution in [2.75, 3.05) is 13.1 Å². The Kier molecular flexibility index (Phi) is 7.14. The van der Waals surface area contributed by atoms with Crippen molar-refractivity contribution < 1.29 is 4.79 Å². The van der Waals surface area contributed by atoms with Gasteiger partial charge in [0.05, 0.1) is 12.1 Å². The molecule has 0 bridgehead atoms. The number of hydrogen-bond acceptors (Lipinski definition) is 4. The molecule has 2 aliphatic rings. The van der Waals surface area contributed by atoms with E-state index in [2.05, 4.69) is 11.4 Å². The van der Waals surface area contributed by atoms with Crippen molar-refractivity contribution >= 4 is 5.91 Å². The highest BCUT2D eigenvalue weighted by molar-refractivity contribution is 5.82. The Morgan fingerprint density at radius 3 is 2.68 bits per heavy atom. The number of nitriles is 1. The monoisotopic (exact) mass is 306 g/mol. The molecule has 1 saturated heterocycles. The van der Waals surface area contributed by atoms with Crippen molar-refractivity contribution in [2.24, 2.45) is 5.73 Å². The van der Waals surface area contributed by atoms with E-state index < -0.39 is 6.04 Å². The van der Waals surface area contributed by atoms with Gasteiger partial charge in [-0.2, -0.15) is 5.26 Å². The summed E-state index contributed by atoms with van der Waals surface area (Å²) in [6.07, 6.45) is 11.0. The number of carbonyl (C=O) groups is 1. The molecule has 1 saturated carbocycles. The van der Waals surface area contributed by atoms with Crippen LogP contribution in [0.3, 0.4) is 0 Å². The van der Waals surface area contributed by atoms with E-state index in [0.717, 1.165) is 32.2 Å². The first-order valence-corrected chi connectivity index (χ1v) is 8.91. The van der Waals surface area contributed by atoms with Crippen molar-refractivity contribution in [1.29, 1.82) is 5.26 Å². The average molecular weight is 306 g/mol. The van der Waals surface area contributed by atoms with E-state index in [4.69, 9.17) is 11.0 Å². The molecule has 1 amide bonds. The van der Waals surface area contributed by atoms with Crippen LogP contribution in [0.1, 0.15) is 64.2 Å². The molecule has 2 unspecified atom stereocenters. The molecule has 124 valence electrons. The molecule has 5 heteroatoms. The first-order valence-electron chi connectivity index (χ1n) is 8.91. The number of nitrogens with two attached hydrogens (primary N) is 1. The van der Waals surface area contributed by atoms with Gasteiger partial charge in [0, 0.05) is 12.6 Å². The Hall–Kier alpha value is -1.12. The van der Waals surface area contributed by atoms with Crippen LogP contribution in [0.15, 0.2) is 0 Å². The highest BCUT2D eigenvalue weighted by Crippen LogP contribution is 2.19. The largest absolute Gasteiger partial charge is 0.325 e. The molecule has 0 aromatic rings. The lowest BCUT2D eigenvalue weighted by Crippen LogP contribution is -2.50. The fourth-order valence-corrected chi connectivity index (χ4v) is 3.60. The second-order valence-corrected chi connectivity index (χ2v) is 6.71. The summed E-state index contributed by atoms with van der Waals surface area (Å²) in [4.78, 5) is 14.1. The molecule has 0 aromatic carbocycles. The predicted molar refractivity (Wildman–Crippen MR) is 87.1 cm³/mol. The minimum absolute atomic E-state index is 0.0380. The zero-order valence-electron chi connectivity index (χ0n) is 13.6. The number of piperidine rings is 1. The highest BCUT2D eigenvalue weighted by atomic mass is 16.2. The van der Waals surface area contributed by atoms with Crippen molar-refractivity contribution in [1.82, 2.24) is 10.2 Å². The third-order valence-electron chi connectivity index (χ3n) is 4.98. The molecule has 1 heterocycles. The molecule has 3 N–H and O–H groups in total. The Balaban J connectivity index is 1.66. The SMILES string of the molecule is N#CC1CCCCN1C(=O)C(N)CCCNC1CCCCC1. The van der Waals surface area contributed by atoms with Crippen LogP contribution in [0, 0.1) is 11.3 Å². The fourth-order valence-electron chi connectivity index (χ4n) is 3.60. The zero-order chi connectivity index (χ0) is 15.8. The Labute approximate surface area is 134 Å². The highest BCUT2D eigenvalue weighted by Gasteiger charge is 2.29. The number of amides is 1. The quantitative estimate of drug-likeness (QED) is 0.735. The Morgan fingerprint density at radius 2 is 1.95 bits per heavy atom. The van der Waals surface area contributed by atoms with E-state index in [1.165, 1.54) is 32.1 Å². The maximum atomic E-state index is 12.4. The second kappa shape index (κ2) is 9.12. The summed E-state index contributed by atoms with van der Waals surface area (Å²) in [7, 11) is 0. The standard InChI is InChI=1S/C17H30N4O/c18-13-15-9-4-5-12-21(15)17(22)16(19)10-6-11-20-14-7-2-1-3-8-14/h14-16,20H,1-12,19H2. The summed E-state index contributed by atoms with van der Waals surface area (Å²) in [6, 6.07) is 2.17. The molecule has 2 fully saturated rings. The van der Waals surface area contributed by atoms with Gasteiger partial charge in [0.1, 0.15) is 6.04 Å². The minimum atomic E-state index is -0.456. The predicted octanol–water partition coefficient (Wildman–Crippen LogP) is 1.92. The maximum Gasteiger partial charge on any atom is 0.240 e. The number of carbonyl (C=O) groups excluding carboxylic acids is 1. The summed E-state index contributed by atoms with van der Waals surface area (Å²) in [5, 5.41) is 12.7. The van der Waals surface area contributed by atoms with Crippen LogP contribution in [0.5, 0.6) is 0 Å². The lowest BCUT2D eigenvalue weighted by molar-refractivity contribution is -0.135. The van der Waals surface area contributed by atoms with Gasteiger partial charge in [-0.05, 0) is 51.5 Å². The molecule has 22 heavy (non-hydrogen) atoms. The lowest BCUT2D eigenvalue weighted by Gasteiger charge is -2.33. The van der Waals surface area contributed by atoms with Crippen molar-refractivity contribution in [2.45, 2.75) is 82.3 Å². The number of rotatable bonds is 6. The van der Waals surface area contributed by atoms with Crippen molar-refractivity contribution in [3.05, 3.63) is 0 Å². The van der Waals surface area contributed by atoms with E-state index in [1.807, 2.05) is 0 Å². The maximum absolute atomic E-state index is 12.4. The van der Waals surface area contributed by atoms with E-state index in [-0.39, 0.29) is 11.9 Å². The van der Waals surface area contributed by atoms with Crippen molar-refractivity contribution in [3.63, 3.8) is 0 Å². The summed E-state index contributed by atoms with van der Waals surface area (Å²) >= 11 is 0. The molecule has 1 aliphatic heterocycles. The van der Waals surface area contributed by atoms with Gasteiger partial charge in [-0.25, -0.2) is 0 Å². The number of hydrogen-bond donors (Lipinski definition) is 2. The first kappa shape index (κ1) is 17.2. The Morgan fingerprint density at radius 1 is 1.23 bits per heavy atom. The van der Waals surface area contributed by atoms with Gasteiger partial charge in [0.2, 0.25) is 5.91 Å². The van der Waals surface area contributed by atoms with Crippen LogP contribution in [0.25, 0.3) is 0 Å². The minimum Gasteiger partial charge on any atom is -0.325 e. The van der Waals surface area contributed by atoms with Crippen LogP contribution >= 0.6 is 0 Å². The van der Waals surface area contributed by atoms with Crippen molar-refractivity contribution in [3.8, 4) is 6.07 Å². The number of nitrogens with zero attached hydrogens (tertiary/aromatic N) is 2. The lowest BCUT2D eigenvalue weighted by atomic mass is 9.95. The van der Waals surface area contributed by atoms with Gasteiger partial charge in [-0.15, -0.1) is 0 Å². The molecule has 2 rings (SSSR count). The van der Waals surface area contributed by atoms with Gasteiger partial charge in [-0.3, -0.25) is 4.79 Å². The molecule has 2 atom stereocenters. The van der Waals surface area contributed by atoms with Gasteiger partial charge in [0.15, 0.2) is 0 Å². The van der Waals surface area contributed by atoms with Crippen LogP contribution in [-0.2, 0) is 4.79 Å². The molecule has 0 aromatic heterocycles. The van der Waals surface area contributed by atoms with Crippen LogP contribution in [-0.4, -0.2) is 42.0 Å². The fraction of sp³-hybridized carbons (Fsp3) is 0.882.